The highest BCUT2D eigenvalue weighted by molar-refractivity contribution is 7.89. The first-order chi connectivity index (χ1) is 11.5. The first-order valence-corrected chi connectivity index (χ1v) is 8.99. The SMILES string of the molecule is CN(C)c1ccc(OC2CCN(S(=O)(=O)c3cccnc3)C2)nn1. The molecule has 0 amide bonds. The van der Waals surface area contributed by atoms with Crippen LogP contribution in [0.5, 0.6) is 5.88 Å². The number of sulfonamides is 1. The van der Waals surface area contributed by atoms with Crippen LogP contribution in [-0.2, 0) is 10.0 Å². The van der Waals surface area contributed by atoms with Gasteiger partial charge in [0, 0.05) is 39.1 Å². The van der Waals surface area contributed by atoms with E-state index in [4.69, 9.17) is 4.74 Å². The van der Waals surface area contributed by atoms with Gasteiger partial charge >= 0.3 is 0 Å². The van der Waals surface area contributed by atoms with Crippen molar-refractivity contribution in [1.82, 2.24) is 19.5 Å². The fraction of sp³-hybridized carbons (Fsp3) is 0.400. The number of hydrogen-bond acceptors (Lipinski definition) is 7. The Balaban J connectivity index is 1.65. The van der Waals surface area contributed by atoms with Crippen molar-refractivity contribution in [2.45, 2.75) is 17.4 Å². The normalized spacial score (nSPS) is 18.5. The van der Waals surface area contributed by atoms with E-state index in [9.17, 15) is 8.42 Å². The summed E-state index contributed by atoms with van der Waals surface area (Å²) in [5, 5.41) is 8.06. The second kappa shape index (κ2) is 6.70. The number of nitrogens with zero attached hydrogens (tertiary/aromatic N) is 5. The van der Waals surface area contributed by atoms with Gasteiger partial charge in [-0.15, -0.1) is 10.2 Å². The third kappa shape index (κ3) is 3.46. The maximum Gasteiger partial charge on any atom is 0.244 e. The number of ether oxygens (including phenoxy) is 1. The van der Waals surface area contributed by atoms with Gasteiger partial charge in [-0.2, -0.15) is 4.31 Å². The largest absolute Gasteiger partial charge is 0.472 e. The van der Waals surface area contributed by atoms with Crippen LogP contribution in [0.25, 0.3) is 0 Å². The zero-order chi connectivity index (χ0) is 17.2. The summed E-state index contributed by atoms with van der Waals surface area (Å²) < 4.78 is 32.3. The van der Waals surface area contributed by atoms with Crippen molar-refractivity contribution in [2.75, 3.05) is 32.1 Å². The van der Waals surface area contributed by atoms with Crippen LogP contribution in [0, 0.1) is 0 Å². The van der Waals surface area contributed by atoms with Gasteiger partial charge in [0.05, 0.1) is 6.54 Å². The van der Waals surface area contributed by atoms with Gasteiger partial charge in [0.2, 0.25) is 15.9 Å². The maximum absolute atomic E-state index is 12.5. The molecular formula is C15H19N5O3S. The molecule has 3 heterocycles. The molecule has 0 radical (unpaired) electrons. The molecule has 0 aromatic carbocycles. The van der Waals surface area contributed by atoms with Crippen LogP contribution in [0.2, 0.25) is 0 Å². The van der Waals surface area contributed by atoms with E-state index in [1.807, 2.05) is 19.0 Å². The van der Waals surface area contributed by atoms with Gasteiger partial charge in [0.1, 0.15) is 11.0 Å². The lowest BCUT2D eigenvalue weighted by Gasteiger charge is -2.17. The third-order valence-corrected chi connectivity index (χ3v) is 5.60. The molecule has 1 aliphatic heterocycles. The Kier molecular flexibility index (Phi) is 4.63. The van der Waals surface area contributed by atoms with Crippen molar-refractivity contribution >= 4 is 15.8 Å². The van der Waals surface area contributed by atoms with E-state index >= 15 is 0 Å². The molecule has 0 aliphatic carbocycles. The molecule has 1 saturated heterocycles. The Morgan fingerprint density at radius 2 is 2.08 bits per heavy atom. The molecule has 24 heavy (non-hydrogen) atoms. The molecule has 1 fully saturated rings. The van der Waals surface area contributed by atoms with Crippen LogP contribution in [0.4, 0.5) is 5.82 Å². The van der Waals surface area contributed by atoms with Crippen LogP contribution in [0.1, 0.15) is 6.42 Å². The Hall–Kier alpha value is -2.26. The minimum atomic E-state index is -3.53. The summed E-state index contributed by atoms with van der Waals surface area (Å²) in [5.74, 6) is 1.13. The monoisotopic (exact) mass is 349 g/mol. The summed E-state index contributed by atoms with van der Waals surface area (Å²) in [6.45, 7) is 0.694. The molecule has 0 N–H and O–H groups in total. The van der Waals surface area contributed by atoms with Crippen molar-refractivity contribution in [3.63, 3.8) is 0 Å². The molecule has 3 rings (SSSR count). The molecule has 2 aromatic rings. The van der Waals surface area contributed by atoms with E-state index < -0.39 is 10.0 Å². The summed E-state index contributed by atoms with van der Waals surface area (Å²) in [5.41, 5.74) is 0. The molecule has 8 nitrogen and oxygen atoms in total. The van der Waals surface area contributed by atoms with Gasteiger partial charge in [-0.05, 0) is 24.6 Å². The molecule has 128 valence electrons. The van der Waals surface area contributed by atoms with E-state index in [-0.39, 0.29) is 17.5 Å². The zero-order valence-corrected chi connectivity index (χ0v) is 14.3. The molecule has 1 aliphatic rings. The maximum atomic E-state index is 12.5. The van der Waals surface area contributed by atoms with Crippen molar-refractivity contribution in [3.8, 4) is 5.88 Å². The predicted octanol–water partition coefficient (Wildman–Crippen LogP) is 0.780. The summed E-state index contributed by atoms with van der Waals surface area (Å²) in [6, 6.07) is 6.70. The molecular weight excluding hydrogens is 330 g/mol. The lowest BCUT2D eigenvalue weighted by molar-refractivity contribution is 0.204. The fourth-order valence-corrected chi connectivity index (χ4v) is 3.90. The number of hydrogen-bond donors (Lipinski definition) is 0. The van der Waals surface area contributed by atoms with Gasteiger partial charge in [-0.1, -0.05) is 0 Å². The smallest absolute Gasteiger partial charge is 0.244 e. The minimum Gasteiger partial charge on any atom is -0.472 e. The summed E-state index contributed by atoms with van der Waals surface area (Å²) >= 11 is 0. The molecule has 0 spiro atoms. The van der Waals surface area contributed by atoms with Gasteiger partial charge in [-0.25, -0.2) is 8.42 Å². The zero-order valence-electron chi connectivity index (χ0n) is 13.5. The lowest BCUT2D eigenvalue weighted by atomic mass is 10.3. The van der Waals surface area contributed by atoms with Crippen LogP contribution in [0.3, 0.4) is 0 Å². The van der Waals surface area contributed by atoms with E-state index in [2.05, 4.69) is 15.2 Å². The standard InChI is InChI=1S/C15H19N5O3S/c1-19(2)14-5-6-15(18-17-14)23-12-7-9-20(11-12)24(21,22)13-4-3-8-16-10-13/h3-6,8,10,12H,7,9,11H2,1-2H3. The van der Waals surface area contributed by atoms with Crippen LogP contribution in [0.15, 0.2) is 41.6 Å². The fourth-order valence-electron chi connectivity index (χ4n) is 2.45. The lowest BCUT2D eigenvalue weighted by Crippen LogP contribution is -2.31. The second-order valence-electron chi connectivity index (χ2n) is 5.70. The van der Waals surface area contributed by atoms with E-state index in [1.54, 1.807) is 30.5 Å². The summed E-state index contributed by atoms with van der Waals surface area (Å²) in [6.07, 6.45) is 3.27. The van der Waals surface area contributed by atoms with Crippen molar-refractivity contribution in [1.29, 1.82) is 0 Å². The predicted molar refractivity (Wildman–Crippen MR) is 88.4 cm³/mol. The second-order valence-corrected chi connectivity index (χ2v) is 7.64. The average Bonchev–Trinajstić information content (AvgIpc) is 3.05. The third-order valence-electron chi connectivity index (χ3n) is 3.75. The molecule has 9 heteroatoms. The minimum absolute atomic E-state index is 0.195. The molecule has 0 bridgehead atoms. The number of anilines is 1. The highest BCUT2D eigenvalue weighted by Crippen LogP contribution is 2.23. The average molecular weight is 349 g/mol. The Labute approximate surface area is 141 Å². The summed E-state index contributed by atoms with van der Waals surface area (Å²) in [7, 11) is 0.222. The van der Waals surface area contributed by atoms with Crippen LogP contribution in [-0.4, -0.2) is 61.2 Å². The van der Waals surface area contributed by atoms with Gasteiger partial charge in [0.15, 0.2) is 5.82 Å². The van der Waals surface area contributed by atoms with Crippen LogP contribution >= 0.6 is 0 Å². The summed E-state index contributed by atoms with van der Waals surface area (Å²) in [4.78, 5) is 5.91. The Bertz CT molecular complexity index is 781. The van der Waals surface area contributed by atoms with Crippen LogP contribution < -0.4 is 9.64 Å². The van der Waals surface area contributed by atoms with Gasteiger partial charge in [0.25, 0.3) is 0 Å². The van der Waals surface area contributed by atoms with Crippen molar-refractivity contribution in [3.05, 3.63) is 36.7 Å². The van der Waals surface area contributed by atoms with Crippen molar-refractivity contribution < 1.29 is 13.2 Å². The van der Waals surface area contributed by atoms with Gasteiger partial charge in [-0.3, -0.25) is 4.98 Å². The number of pyridine rings is 1. The van der Waals surface area contributed by atoms with E-state index in [0.29, 0.717) is 18.8 Å². The first-order valence-electron chi connectivity index (χ1n) is 7.55. The number of rotatable bonds is 5. The molecule has 0 saturated carbocycles. The molecule has 1 atom stereocenters. The quantitative estimate of drug-likeness (QED) is 0.788. The Morgan fingerprint density at radius 3 is 2.71 bits per heavy atom. The highest BCUT2D eigenvalue weighted by Gasteiger charge is 2.34. The number of aromatic nitrogens is 3. The molecule has 2 aromatic heterocycles. The topological polar surface area (TPSA) is 88.5 Å². The highest BCUT2D eigenvalue weighted by atomic mass is 32.2. The van der Waals surface area contributed by atoms with Crippen molar-refractivity contribution in [2.24, 2.45) is 0 Å². The van der Waals surface area contributed by atoms with Gasteiger partial charge < -0.3 is 9.64 Å². The first kappa shape index (κ1) is 16.6. The Morgan fingerprint density at radius 1 is 1.25 bits per heavy atom. The van der Waals surface area contributed by atoms with E-state index in [1.165, 1.54) is 10.5 Å². The van der Waals surface area contributed by atoms with E-state index in [0.717, 1.165) is 5.82 Å². The molecule has 1 unspecified atom stereocenters.